The van der Waals surface area contributed by atoms with E-state index in [1.807, 2.05) is 0 Å². The summed E-state index contributed by atoms with van der Waals surface area (Å²) in [6.45, 7) is 0. The quantitative estimate of drug-likeness (QED) is 0.600. The highest BCUT2D eigenvalue weighted by molar-refractivity contribution is 5.40. The molecule has 1 aromatic rings. The summed E-state index contributed by atoms with van der Waals surface area (Å²) >= 11 is 0. The van der Waals surface area contributed by atoms with Crippen LogP contribution in [0.15, 0.2) is 12.1 Å². The molecular weight excluding hydrogens is 205 g/mol. The lowest BCUT2D eigenvalue weighted by Gasteiger charge is -2.08. The summed E-state index contributed by atoms with van der Waals surface area (Å²) in [5.74, 6) is -3.11. The number of rotatable bonds is 0. The van der Waals surface area contributed by atoms with Crippen LogP contribution in [0, 0.1) is 23.0 Å². The molecule has 0 bridgehead atoms. The molecule has 1 rings (SSSR count). The van der Waals surface area contributed by atoms with Gasteiger partial charge in [0.2, 0.25) is 0 Å². The molecular formula is C8H2F5N. The standard InChI is InChI=1S/C8H2F5N/c9-6-1-4(3-14)5(2-7(6)10)8(11,12)13/h1-2H. The van der Waals surface area contributed by atoms with Crippen molar-refractivity contribution in [2.45, 2.75) is 6.18 Å². The average Bonchev–Trinajstić information content (AvgIpc) is 2.07. The number of hydrogen-bond acceptors (Lipinski definition) is 1. The van der Waals surface area contributed by atoms with Gasteiger partial charge in [-0.1, -0.05) is 0 Å². The van der Waals surface area contributed by atoms with Gasteiger partial charge in [-0.15, -0.1) is 0 Å². The summed E-state index contributed by atoms with van der Waals surface area (Å²) in [6.07, 6.45) is -4.86. The van der Waals surface area contributed by atoms with Crippen LogP contribution in [0.1, 0.15) is 11.1 Å². The van der Waals surface area contributed by atoms with E-state index in [0.717, 1.165) is 6.07 Å². The predicted octanol–water partition coefficient (Wildman–Crippen LogP) is 2.86. The van der Waals surface area contributed by atoms with Crippen molar-refractivity contribution in [3.8, 4) is 6.07 Å². The second-order valence-electron chi connectivity index (χ2n) is 2.42. The molecule has 0 atom stereocenters. The molecule has 0 saturated carbocycles. The fraction of sp³-hybridized carbons (Fsp3) is 0.125. The Kier molecular flexibility index (Phi) is 2.43. The Morgan fingerprint density at radius 1 is 1.07 bits per heavy atom. The summed E-state index contributed by atoms with van der Waals surface area (Å²) < 4.78 is 61.2. The van der Waals surface area contributed by atoms with Crippen LogP contribution >= 0.6 is 0 Å². The molecule has 0 aliphatic carbocycles. The van der Waals surface area contributed by atoms with Crippen LogP contribution in [0.3, 0.4) is 0 Å². The molecule has 0 aliphatic rings. The Labute approximate surface area is 75.4 Å². The SMILES string of the molecule is N#Cc1cc(F)c(F)cc1C(F)(F)F. The van der Waals surface area contributed by atoms with Crippen LogP contribution in [0.4, 0.5) is 22.0 Å². The summed E-state index contributed by atoms with van der Waals surface area (Å²) in [6, 6.07) is 1.33. The number of benzene rings is 1. The maximum absolute atomic E-state index is 12.4. The van der Waals surface area contributed by atoms with E-state index in [1.54, 1.807) is 0 Å². The molecule has 74 valence electrons. The van der Waals surface area contributed by atoms with Crippen molar-refractivity contribution in [2.75, 3.05) is 0 Å². The van der Waals surface area contributed by atoms with Gasteiger partial charge < -0.3 is 0 Å². The Morgan fingerprint density at radius 3 is 2.00 bits per heavy atom. The van der Waals surface area contributed by atoms with Crippen LogP contribution in [0.2, 0.25) is 0 Å². The first-order chi connectivity index (χ1) is 6.36. The Hall–Kier alpha value is -1.64. The van der Waals surface area contributed by atoms with Gasteiger partial charge >= 0.3 is 6.18 Å². The molecule has 0 fully saturated rings. The van der Waals surface area contributed by atoms with Crippen LogP contribution in [0.5, 0.6) is 0 Å². The molecule has 0 radical (unpaired) electrons. The number of hydrogen-bond donors (Lipinski definition) is 0. The van der Waals surface area contributed by atoms with Crippen molar-refractivity contribution in [3.05, 3.63) is 34.9 Å². The van der Waals surface area contributed by atoms with Crippen LogP contribution in [0.25, 0.3) is 0 Å². The largest absolute Gasteiger partial charge is 0.417 e. The minimum absolute atomic E-state index is 0.0338. The molecule has 0 saturated heterocycles. The van der Waals surface area contributed by atoms with Gasteiger partial charge in [-0.2, -0.15) is 18.4 Å². The highest BCUT2D eigenvalue weighted by Crippen LogP contribution is 2.32. The number of nitrogens with zero attached hydrogens (tertiary/aromatic N) is 1. The summed E-state index contributed by atoms with van der Waals surface area (Å²) in [4.78, 5) is 0. The van der Waals surface area contributed by atoms with Crippen LogP contribution < -0.4 is 0 Å². The second-order valence-corrected chi connectivity index (χ2v) is 2.42. The fourth-order valence-corrected chi connectivity index (χ4v) is 0.874. The number of halogens is 5. The molecule has 0 heterocycles. The molecule has 1 nitrogen and oxygen atoms in total. The van der Waals surface area contributed by atoms with Crippen molar-refractivity contribution < 1.29 is 22.0 Å². The zero-order valence-electron chi connectivity index (χ0n) is 6.49. The molecule has 0 aromatic heterocycles. The minimum Gasteiger partial charge on any atom is -0.204 e. The van der Waals surface area contributed by atoms with E-state index >= 15 is 0 Å². The third-order valence-corrected chi connectivity index (χ3v) is 1.49. The highest BCUT2D eigenvalue weighted by Gasteiger charge is 2.34. The molecule has 14 heavy (non-hydrogen) atoms. The van der Waals surface area contributed by atoms with Crippen LogP contribution in [-0.2, 0) is 6.18 Å². The normalized spacial score (nSPS) is 11.1. The van der Waals surface area contributed by atoms with E-state index in [9.17, 15) is 22.0 Å². The first-order valence-electron chi connectivity index (χ1n) is 3.32. The van der Waals surface area contributed by atoms with Crippen molar-refractivity contribution in [3.63, 3.8) is 0 Å². The minimum atomic E-state index is -4.86. The van der Waals surface area contributed by atoms with Crippen molar-refractivity contribution >= 4 is 0 Å². The number of nitriles is 1. The third kappa shape index (κ3) is 1.82. The Balaban J connectivity index is 3.45. The lowest BCUT2D eigenvalue weighted by molar-refractivity contribution is -0.138. The Bertz CT molecular complexity index is 401. The molecule has 0 unspecified atom stereocenters. The summed E-state index contributed by atoms with van der Waals surface area (Å²) in [5, 5.41) is 8.26. The third-order valence-electron chi connectivity index (χ3n) is 1.49. The smallest absolute Gasteiger partial charge is 0.204 e. The van der Waals surface area contributed by atoms with Crippen molar-refractivity contribution in [1.29, 1.82) is 5.26 Å². The fourth-order valence-electron chi connectivity index (χ4n) is 0.874. The van der Waals surface area contributed by atoms with Crippen molar-refractivity contribution in [2.24, 2.45) is 0 Å². The van der Waals surface area contributed by atoms with Gasteiger partial charge in [0.15, 0.2) is 11.6 Å². The van der Waals surface area contributed by atoms with E-state index in [-0.39, 0.29) is 12.1 Å². The van der Waals surface area contributed by atoms with Gasteiger partial charge in [0.1, 0.15) is 0 Å². The maximum atomic E-state index is 12.4. The van der Waals surface area contributed by atoms with E-state index in [1.165, 1.54) is 0 Å². The van der Waals surface area contributed by atoms with E-state index in [2.05, 4.69) is 0 Å². The monoisotopic (exact) mass is 207 g/mol. The molecule has 0 amide bonds. The molecule has 0 N–H and O–H groups in total. The highest BCUT2D eigenvalue weighted by atomic mass is 19.4. The van der Waals surface area contributed by atoms with Crippen LogP contribution in [-0.4, -0.2) is 0 Å². The summed E-state index contributed by atoms with van der Waals surface area (Å²) in [5.41, 5.74) is -2.41. The molecule has 1 aromatic carbocycles. The van der Waals surface area contributed by atoms with Gasteiger partial charge in [-0.25, -0.2) is 8.78 Å². The predicted molar refractivity (Wildman–Crippen MR) is 36.1 cm³/mol. The van der Waals surface area contributed by atoms with Gasteiger partial charge in [0.25, 0.3) is 0 Å². The van der Waals surface area contributed by atoms with Crippen molar-refractivity contribution in [1.82, 2.24) is 0 Å². The zero-order valence-corrected chi connectivity index (χ0v) is 6.49. The topological polar surface area (TPSA) is 23.8 Å². The Morgan fingerprint density at radius 2 is 1.57 bits per heavy atom. The zero-order chi connectivity index (χ0) is 10.9. The first kappa shape index (κ1) is 10.4. The van der Waals surface area contributed by atoms with Gasteiger partial charge in [0.05, 0.1) is 17.2 Å². The molecule has 0 aliphatic heterocycles. The van der Waals surface area contributed by atoms with Gasteiger partial charge in [0, 0.05) is 0 Å². The summed E-state index contributed by atoms with van der Waals surface area (Å²) in [7, 11) is 0. The van der Waals surface area contributed by atoms with Gasteiger partial charge in [-0.3, -0.25) is 0 Å². The average molecular weight is 207 g/mol. The lowest BCUT2D eigenvalue weighted by atomic mass is 10.1. The maximum Gasteiger partial charge on any atom is 0.417 e. The molecule has 6 heteroatoms. The number of alkyl halides is 3. The molecule has 0 spiro atoms. The van der Waals surface area contributed by atoms with E-state index < -0.39 is 28.9 Å². The second kappa shape index (κ2) is 3.25. The first-order valence-corrected chi connectivity index (χ1v) is 3.32. The van der Waals surface area contributed by atoms with E-state index in [4.69, 9.17) is 5.26 Å². The lowest BCUT2D eigenvalue weighted by Crippen LogP contribution is -2.09. The van der Waals surface area contributed by atoms with Gasteiger partial charge in [-0.05, 0) is 12.1 Å². The van der Waals surface area contributed by atoms with E-state index in [0.29, 0.717) is 0 Å².